The van der Waals surface area contributed by atoms with Gasteiger partial charge in [0.1, 0.15) is 0 Å². The zero-order chi connectivity index (χ0) is 19.9. The summed E-state index contributed by atoms with van der Waals surface area (Å²) < 4.78 is 0. The van der Waals surface area contributed by atoms with Gasteiger partial charge in [-0.25, -0.2) is 0 Å². The molecule has 3 aliphatic rings. The summed E-state index contributed by atoms with van der Waals surface area (Å²) in [6.07, 6.45) is 5.88. The molecule has 0 bridgehead atoms. The maximum absolute atomic E-state index is 2.53. The van der Waals surface area contributed by atoms with Gasteiger partial charge in [-0.05, 0) is 81.8 Å². The van der Waals surface area contributed by atoms with Gasteiger partial charge in [0, 0.05) is 5.41 Å². The number of rotatable bonds is 1. The van der Waals surface area contributed by atoms with Crippen molar-refractivity contribution in [1.29, 1.82) is 0 Å². The van der Waals surface area contributed by atoms with Crippen molar-refractivity contribution in [2.24, 2.45) is 5.92 Å². The molecule has 0 amide bonds. The minimum Gasteiger partial charge on any atom is -0.0620 e. The van der Waals surface area contributed by atoms with E-state index in [9.17, 15) is 0 Å². The van der Waals surface area contributed by atoms with Gasteiger partial charge in [-0.2, -0.15) is 0 Å². The molecule has 0 saturated heterocycles. The molecule has 0 heteroatoms. The molecule has 0 heterocycles. The Hall–Kier alpha value is -3.12. The van der Waals surface area contributed by atoms with Crippen LogP contribution in [0.25, 0.3) is 16.8 Å². The largest absolute Gasteiger partial charge is 0.0620 e. The lowest BCUT2D eigenvalue weighted by Crippen LogP contribution is -2.41. The van der Waals surface area contributed by atoms with Crippen molar-refractivity contribution in [3.8, 4) is 0 Å². The molecule has 4 aromatic rings. The van der Waals surface area contributed by atoms with E-state index in [1.165, 1.54) is 44.2 Å². The van der Waals surface area contributed by atoms with E-state index >= 15 is 0 Å². The van der Waals surface area contributed by atoms with Crippen molar-refractivity contribution >= 4 is 16.8 Å². The van der Waals surface area contributed by atoms with E-state index in [1.807, 2.05) is 0 Å². The van der Waals surface area contributed by atoms with Crippen LogP contribution in [-0.2, 0) is 24.7 Å². The molecule has 1 unspecified atom stereocenters. The second-order valence-corrected chi connectivity index (χ2v) is 9.44. The molecule has 0 saturated carbocycles. The SMILES string of the molecule is Cc1ccc([C@@]23C4=Cc5ccc6cccc(c6c52)CC3Cc2ccccc2C4)cc1. The van der Waals surface area contributed by atoms with Crippen molar-refractivity contribution in [3.05, 3.63) is 123 Å². The summed E-state index contributed by atoms with van der Waals surface area (Å²) in [4.78, 5) is 0. The van der Waals surface area contributed by atoms with E-state index in [0.29, 0.717) is 5.92 Å². The molecule has 0 radical (unpaired) electrons. The molecule has 2 atom stereocenters. The molecule has 0 spiro atoms. The topological polar surface area (TPSA) is 0 Å². The fourth-order valence-corrected chi connectivity index (χ4v) is 6.73. The first kappa shape index (κ1) is 16.7. The molecular formula is C30H24. The van der Waals surface area contributed by atoms with Crippen molar-refractivity contribution in [2.75, 3.05) is 0 Å². The van der Waals surface area contributed by atoms with E-state index in [2.05, 4.69) is 91.9 Å². The third kappa shape index (κ3) is 1.97. The van der Waals surface area contributed by atoms with Gasteiger partial charge in [-0.3, -0.25) is 0 Å². The maximum atomic E-state index is 2.53. The predicted molar refractivity (Wildman–Crippen MR) is 125 cm³/mol. The van der Waals surface area contributed by atoms with Gasteiger partial charge in [-0.15, -0.1) is 0 Å². The molecule has 4 aromatic carbocycles. The number of hydrogen-bond acceptors (Lipinski definition) is 0. The fourth-order valence-electron chi connectivity index (χ4n) is 6.73. The minimum atomic E-state index is -0.00405. The summed E-state index contributed by atoms with van der Waals surface area (Å²) in [6.45, 7) is 2.20. The second kappa shape index (κ2) is 5.73. The molecule has 0 N–H and O–H groups in total. The Balaban J connectivity index is 1.62. The van der Waals surface area contributed by atoms with Crippen LogP contribution in [0, 0.1) is 12.8 Å². The van der Waals surface area contributed by atoms with Crippen LogP contribution in [0.15, 0.2) is 84.4 Å². The van der Waals surface area contributed by atoms with Gasteiger partial charge in [0.05, 0.1) is 0 Å². The second-order valence-electron chi connectivity index (χ2n) is 9.44. The van der Waals surface area contributed by atoms with E-state index in [1.54, 1.807) is 11.1 Å². The Morgan fingerprint density at radius 2 is 1.50 bits per heavy atom. The lowest BCUT2D eigenvalue weighted by Gasteiger charge is -2.45. The Labute approximate surface area is 177 Å². The molecule has 0 aliphatic heterocycles. The van der Waals surface area contributed by atoms with Crippen LogP contribution >= 0.6 is 0 Å². The zero-order valence-electron chi connectivity index (χ0n) is 17.3. The highest BCUT2D eigenvalue weighted by molar-refractivity contribution is 5.98. The van der Waals surface area contributed by atoms with Crippen molar-refractivity contribution in [3.63, 3.8) is 0 Å². The Bertz CT molecular complexity index is 1370. The number of fused-ring (bicyclic) bond motifs is 1. The molecule has 3 aliphatic carbocycles. The number of aryl methyl sites for hydroxylation is 1. The summed E-state index contributed by atoms with van der Waals surface area (Å²) in [5.74, 6) is 0.553. The van der Waals surface area contributed by atoms with Gasteiger partial charge in [0.15, 0.2) is 0 Å². The van der Waals surface area contributed by atoms with Gasteiger partial charge >= 0.3 is 0 Å². The van der Waals surface area contributed by atoms with Crippen LogP contribution in [0.1, 0.15) is 38.9 Å². The third-order valence-electron chi connectivity index (χ3n) is 7.95. The van der Waals surface area contributed by atoms with Crippen molar-refractivity contribution < 1.29 is 0 Å². The maximum Gasteiger partial charge on any atom is 0.0464 e. The van der Waals surface area contributed by atoms with E-state index in [0.717, 1.165) is 19.3 Å². The number of benzene rings is 4. The highest BCUT2D eigenvalue weighted by Gasteiger charge is 2.52. The Kier molecular flexibility index (Phi) is 3.18. The lowest BCUT2D eigenvalue weighted by molar-refractivity contribution is 0.363. The van der Waals surface area contributed by atoms with Crippen LogP contribution in [0.4, 0.5) is 0 Å². The smallest absolute Gasteiger partial charge is 0.0464 e. The summed E-state index contributed by atoms with van der Waals surface area (Å²) in [7, 11) is 0. The monoisotopic (exact) mass is 384 g/mol. The summed E-state index contributed by atoms with van der Waals surface area (Å²) in [5, 5.41) is 2.91. The first-order valence-corrected chi connectivity index (χ1v) is 11.2. The van der Waals surface area contributed by atoms with Gasteiger partial charge in [0.25, 0.3) is 0 Å². The number of allylic oxidation sites excluding steroid dienone is 1. The van der Waals surface area contributed by atoms with Gasteiger partial charge < -0.3 is 0 Å². The third-order valence-corrected chi connectivity index (χ3v) is 7.95. The van der Waals surface area contributed by atoms with Crippen LogP contribution in [0.3, 0.4) is 0 Å². The molecule has 0 fully saturated rings. The van der Waals surface area contributed by atoms with E-state index in [-0.39, 0.29) is 5.41 Å². The van der Waals surface area contributed by atoms with E-state index in [4.69, 9.17) is 0 Å². The molecule has 0 aromatic heterocycles. The number of hydrogen-bond donors (Lipinski definition) is 0. The quantitative estimate of drug-likeness (QED) is 0.338. The van der Waals surface area contributed by atoms with Crippen LogP contribution in [-0.4, -0.2) is 0 Å². The summed E-state index contributed by atoms with van der Waals surface area (Å²) >= 11 is 0. The minimum absolute atomic E-state index is 0.00405. The Morgan fingerprint density at radius 1 is 0.733 bits per heavy atom. The molecule has 30 heavy (non-hydrogen) atoms. The van der Waals surface area contributed by atoms with E-state index < -0.39 is 0 Å². The predicted octanol–water partition coefficient (Wildman–Crippen LogP) is 6.80. The first-order valence-electron chi connectivity index (χ1n) is 11.2. The molecule has 0 nitrogen and oxygen atoms in total. The standard InChI is InChI=1S/C30H24/c1-19-9-13-25(14-10-19)30-26-15-21-5-2-3-6-22(21)16-27(30)18-24-12-11-20-7-4-8-23(17-26)28(20)29(24)30/h2-14,18,26H,15-17H2,1H3/t26?,30-/m1/s1. The lowest BCUT2D eigenvalue weighted by atomic mass is 9.57. The molecule has 144 valence electrons. The Morgan fingerprint density at radius 3 is 2.37 bits per heavy atom. The van der Waals surface area contributed by atoms with Crippen LogP contribution < -0.4 is 0 Å². The summed E-state index contributed by atoms with van der Waals surface area (Å²) in [6, 6.07) is 30.2. The van der Waals surface area contributed by atoms with Crippen molar-refractivity contribution in [2.45, 2.75) is 31.6 Å². The zero-order valence-corrected chi connectivity index (χ0v) is 17.3. The van der Waals surface area contributed by atoms with Gasteiger partial charge in [0.2, 0.25) is 0 Å². The first-order chi connectivity index (χ1) is 14.7. The average molecular weight is 385 g/mol. The highest BCUT2D eigenvalue weighted by Crippen LogP contribution is 2.60. The highest BCUT2D eigenvalue weighted by atomic mass is 14.5. The molecular weight excluding hydrogens is 360 g/mol. The van der Waals surface area contributed by atoms with Crippen LogP contribution in [0.5, 0.6) is 0 Å². The van der Waals surface area contributed by atoms with Crippen LogP contribution in [0.2, 0.25) is 0 Å². The summed E-state index contributed by atoms with van der Waals surface area (Å²) in [5.41, 5.74) is 12.0. The molecule has 7 rings (SSSR count). The van der Waals surface area contributed by atoms with Crippen molar-refractivity contribution in [1.82, 2.24) is 0 Å². The van der Waals surface area contributed by atoms with Gasteiger partial charge in [-0.1, -0.05) is 90.5 Å². The fraction of sp³-hybridized carbons (Fsp3) is 0.200. The average Bonchev–Trinajstić information content (AvgIpc) is 3.03. The normalized spacial score (nSPS) is 23.1.